The third-order valence-corrected chi connectivity index (χ3v) is 5.84. The monoisotopic (exact) mass is 344 g/mol. The lowest BCUT2D eigenvalue weighted by atomic mass is 10.2. The molecule has 1 heterocycles. The number of nitrogens with zero attached hydrogens (tertiary/aromatic N) is 1. The minimum atomic E-state index is -3.50. The summed E-state index contributed by atoms with van der Waals surface area (Å²) in [7, 11) is -3.50. The van der Waals surface area contributed by atoms with Crippen LogP contribution in [0.4, 0.5) is 0 Å². The van der Waals surface area contributed by atoms with Gasteiger partial charge in [0.15, 0.2) is 9.84 Å². The molecular formula is C18H20N2O3S. The highest BCUT2D eigenvalue weighted by molar-refractivity contribution is 7.90. The molecule has 0 spiro atoms. The van der Waals surface area contributed by atoms with E-state index >= 15 is 0 Å². The molecule has 3 rings (SSSR count). The van der Waals surface area contributed by atoms with Crippen molar-refractivity contribution in [3.8, 4) is 0 Å². The highest BCUT2D eigenvalue weighted by atomic mass is 32.2. The maximum atomic E-state index is 12.6. The normalized spacial score (nSPS) is 17.9. The second-order valence-corrected chi connectivity index (χ2v) is 8.06. The van der Waals surface area contributed by atoms with Crippen molar-refractivity contribution in [2.75, 3.05) is 13.1 Å². The maximum absolute atomic E-state index is 12.6. The number of benzene rings is 2. The molecule has 24 heavy (non-hydrogen) atoms. The lowest BCUT2D eigenvalue weighted by Crippen LogP contribution is -2.31. The van der Waals surface area contributed by atoms with Crippen LogP contribution in [-0.2, 0) is 15.6 Å². The lowest BCUT2D eigenvalue weighted by Gasteiger charge is -2.16. The number of carbonyl (C=O) groups excluding carboxylic acids is 1. The third-order valence-electron chi connectivity index (χ3n) is 4.15. The van der Waals surface area contributed by atoms with Gasteiger partial charge < -0.3 is 10.6 Å². The van der Waals surface area contributed by atoms with Crippen molar-refractivity contribution < 1.29 is 13.2 Å². The van der Waals surface area contributed by atoms with Crippen molar-refractivity contribution in [2.45, 2.75) is 23.1 Å². The standard InChI is InChI=1S/C18H20N2O3S/c19-16-9-10-20(12-16)18(21)15-7-4-8-17(11-15)24(22,23)13-14-5-2-1-3-6-14/h1-8,11,16H,9-10,12-13,19H2/t16-/m0/s1. The second kappa shape index (κ2) is 6.75. The van der Waals surface area contributed by atoms with Gasteiger partial charge in [0.1, 0.15) is 0 Å². The SMILES string of the molecule is N[C@H]1CCN(C(=O)c2cccc(S(=O)(=O)Cc3ccccc3)c2)C1. The number of amides is 1. The lowest BCUT2D eigenvalue weighted by molar-refractivity contribution is 0.0790. The third kappa shape index (κ3) is 3.66. The Hall–Kier alpha value is -2.18. The van der Waals surface area contributed by atoms with E-state index < -0.39 is 9.84 Å². The number of carbonyl (C=O) groups is 1. The molecule has 1 atom stereocenters. The number of hydrogen-bond acceptors (Lipinski definition) is 4. The fraction of sp³-hybridized carbons (Fsp3) is 0.278. The van der Waals surface area contributed by atoms with Gasteiger partial charge in [-0.3, -0.25) is 4.79 Å². The number of nitrogens with two attached hydrogens (primary N) is 1. The maximum Gasteiger partial charge on any atom is 0.253 e. The van der Waals surface area contributed by atoms with Gasteiger partial charge >= 0.3 is 0 Å². The van der Waals surface area contributed by atoms with E-state index in [1.807, 2.05) is 6.07 Å². The van der Waals surface area contributed by atoms with E-state index in [0.29, 0.717) is 18.7 Å². The Kier molecular flexibility index (Phi) is 4.69. The molecule has 0 aromatic heterocycles. The zero-order valence-corrected chi connectivity index (χ0v) is 14.1. The van der Waals surface area contributed by atoms with E-state index in [1.165, 1.54) is 12.1 Å². The van der Waals surface area contributed by atoms with Gasteiger partial charge in [-0.1, -0.05) is 36.4 Å². The van der Waals surface area contributed by atoms with Crippen LogP contribution in [-0.4, -0.2) is 38.4 Å². The first kappa shape index (κ1) is 16.7. The molecule has 2 N–H and O–H groups in total. The summed E-state index contributed by atoms with van der Waals surface area (Å²) < 4.78 is 25.2. The fourth-order valence-electron chi connectivity index (χ4n) is 2.85. The summed E-state index contributed by atoms with van der Waals surface area (Å²) in [5, 5.41) is 0. The smallest absolute Gasteiger partial charge is 0.253 e. The van der Waals surface area contributed by atoms with E-state index in [1.54, 1.807) is 41.3 Å². The Balaban J connectivity index is 1.83. The summed E-state index contributed by atoms with van der Waals surface area (Å²) in [5.41, 5.74) is 6.95. The Morgan fingerprint density at radius 3 is 2.54 bits per heavy atom. The fourth-order valence-corrected chi connectivity index (χ4v) is 4.24. The van der Waals surface area contributed by atoms with Gasteiger partial charge in [-0.15, -0.1) is 0 Å². The van der Waals surface area contributed by atoms with Crippen LogP contribution < -0.4 is 5.73 Å². The molecule has 1 amide bonds. The zero-order valence-electron chi connectivity index (χ0n) is 13.3. The summed E-state index contributed by atoms with van der Waals surface area (Å²) in [6, 6.07) is 15.3. The Morgan fingerprint density at radius 1 is 1.12 bits per heavy atom. The number of sulfone groups is 1. The van der Waals surface area contributed by atoms with Crippen molar-refractivity contribution in [1.29, 1.82) is 0 Å². The van der Waals surface area contributed by atoms with E-state index in [0.717, 1.165) is 12.0 Å². The molecule has 0 radical (unpaired) electrons. The minimum Gasteiger partial charge on any atom is -0.337 e. The first-order valence-electron chi connectivity index (χ1n) is 7.87. The molecule has 1 aliphatic heterocycles. The quantitative estimate of drug-likeness (QED) is 0.918. The topological polar surface area (TPSA) is 80.5 Å². The first-order chi connectivity index (χ1) is 11.5. The van der Waals surface area contributed by atoms with Crippen molar-refractivity contribution in [3.63, 3.8) is 0 Å². The number of likely N-dealkylation sites (tertiary alicyclic amines) is 1. The molecule has 0 aliphatic carbocycles. The van der Waals surface area contributed by atoms with Crippen molar-refractivity contribution in [3.05, 3.63) is 65.7 Å². The average Bonchev–Trinajstić information content (AvgIpc) is 3.01. The molecule has 2 aromatic carbocycles. The van der Waals surface area contributed by atoms with Gasteiger partial charge in [-0.05, 0) is 30.2 Å². The summed E-state index contributed by atoms with van der Waals surface area (Å²) in [4.78, 5) is 14.3. The molecule has 5 nitrogen and oxygen atoms in total. The van der Waals surface area contributed by atoms with Gasteiger partial charge in [-0.2, -0.15) is 0 Å². The highest BCUT2D eigenvalue weighted by Crippen LogP contribution is 2.20. The average molecular weight is 344 g/mol. The van der Waals surface area contributed by atoms with Crippen molar-refractivity contribution in [1.82, 2.24) is 4.90 Å². The van der Waals surface area contributed by atoms with Crippen LogP contribution in [0.3, 0.4) is 0 Å². The van der Waals surface area contributed by atoms with E-state index in [-0.39, 0.29) is 22.6 Å². The Morgan fingerprint density at radius 2 is 1.88 bits per heavy atom. The molecule has 1 saturated heterocycles. The summed E-state index contributed by atoms with van der Waals surface area (Å²) in [6.07, 6.45) is 0.776. The largest absolute Gasteiger partial charge is 0.337 e. The van der Waals surface area contributed by atoms with Gasteiger partial charge in [-0.25, -0.2) is 8.42 Å². The van der Waals surface area contributed by atoms with Gasteiger partial charge in [0.25, 0.3) is 5.91 Å². The van der Waals surface area contributed by atoms with Crippen molar-refractivity contribution >= 4 is 15.7 Å². The Bertz CT molecular complexity index is 834. The molecule has 6 heteroatoms. The number of hydrogen-bond donors (Lipinski definition) is 1. The van der Waals surface area contributed by atoms with E-state index in [2.05, 4.69) is 0 Å². The van der Waals surface area contributed by atoms with Gasteiger partial charge in [0, 0.05) is 24.7 Å². The molecule has 126 valence electrons. The highest BCUT2D eigenvalue weighted by Gasteiger charge is 2.25. The van der Waals surface area contributed by atoms with Crippen LogP contribution in [0.1, 0.15) is 22.3 Å². The zero-order chi connectivity index (χ0) is 17.2. The number of rotatable bonds is 4. The minimum absolute atomic E-state index is 0.000976. The Labute approximate surface area is 142 Å². The predicted octanol–water partition coefficient (Wildman–Crippen LogP) is 1.83. The van der Waals surface area contributed by atoms with Gasteiger partial charge in [0.05, 0.1) is 10.6 Å². The van der Waals surface area contributed by atoms with Crippen LogP contribution in [0.2, 0.25) is 0 Å². The summed E-state index contributed by atoms with van der Waals surface area (Å²) >= 11 is 0. The van der Waals surface area contributed by atoms with Crippen LogP contribution in [0.5, 0.6) is 0 Å². The van der Waals surface area contributed by atoms with Crippen molar-refractivity contribution in [2.24, 2.45) is 5.73 Å². The molecule has 2 aromatic rings. The predicted molar refractivity (Wildman–Crippen MR) is 92.3 cm³/mol. The molecule has 1 aliphatic rings. The second-order valence-electron chi connectivity index (χ2n) is 6.07. The van der Waals surface area contributed by atoms with E-state index in [4.69, 9.17) is 5.73 Å². The molecular weight excluding hydrogens is 324 g/mol. The summed E-state index contributed by atoms with van der Waals surface area (Å²) in [6.45, 7) is 1.13. The van der Waals surface area contributed by atoms with Crippen LogP contribution in [0, 0.1) is 0 Å². The molecule has 0 unspecified atom stereocenters. The van der Waals surface area contributed by atoms with Crippen LogP contribution in [0.15, 0.2) is 59.5 Å². The van der Waals surface area contributed by atoms with Gasteiger partial charge in [0.2, 0.25) is 0 Å². The molecule has 1 fully saturated rings. The first-order valence-corrected chi connectivity index (χ1v) is 9.52. The van der Waals surface area contributed by atoms with Crippen LogP contribution in [0.25, 0.3) is 0 Å². The van der Waals surface area contributed by atoms with E-state index in [9.17, 15) is 13.2 Å². The van der Waals surface area contributed by atoms with Crippen LogP contribution >= 0.6 is 0 Å². The summed E-state index contributed by atoms with van der Waals surface area (Å²) in [5.74, 6) is -0.250. The molecule has 0 bridgehead atoms. The molecule has 0 saturated carbocycles.